The summed E-state index contributed by atoms with van der Waals surface area (Å²) in [5.41, 5.74) is 8.93. The van der Waals surface area contributed by atoms with Crippen LogP contribution in [-0.4, -0.2) is 9.97 Å². The Bertz CT molecular complexity index is 426. The third-order valence-electron chi connectivity index (χ3n) is 2.23. The molecule has 15 heavy (non-hydrogen) atoms. The smallest absolute Gasteiger partial charge is 0.0630 e. The van der Waals surface area contributed by atoms with Crippen molar-refractivity contribution in [3.05, 3.63) is 59.7 Å². The lowest BCUT2D eigenvalue weighted by Crippen LogP contribution is -1.98. The molecule has 0 spiro atoms. The molecule has 1 heterocycles. The van der Waals surface area contributed by atoms with Crippen molar-refractivity contribution in [1.29, 1.82) is 0 Å². The van der Waals surface area contributed by atoms with Gasteiger partial charge in [0.05, 0.1) is 5.69 Å². The number of hydrogen-bond acceptors (Lipinski definition) is 3. The Kier molecular flexibility index (Phi) is 3.05. The van der Waals surface area contributed by atoms with Gasteiger partial charge in [-0.15, -0.1) is 0 Å². The molecule has 0 unspecified atom stereocenters. The summed E-state index contributed by atoms with van der Waals surface area (Å²) >= 11 is 0. The zero-order valence-electron chi connectivity index (χ0n) is 8.43. The molecule has 0 fully saturated rings. The van der Waals surface area contributed by atoms with Crippen molar-refractivity contribution >= 4 is 0 Å². The molecule has 76 valence electrons. The molecule has 1 aromatic heterocycles. The Morgan fingerprint density at radius 1 is 1.13 bits per heavy atom. The van der Waals surface area contributed by atoms with E-state index in [2.05, 4.69) is 22.1 Å². The van der Waals surface area contributed by atoms with Crippen LogP contribution in [-0.2, 0) is 13.0 Å². The van der Waals surface area contributed by atoms with Gasteiger partial charge in [-0.05, 0) is 11.1 Å². The Balaban J connectivity index is 2.17. The third-order valence-corrected chi connectivity index (χ3v) is 2.23. The molecule has 0 atom stereocenters. The van der Waals surface area contributed by atoms with Crippen LogP contribution in [0.2, 0.25) is 0 Å². The Morgan fingerprint density at radius 2 is 2.00 bits per heavy atom. The summed E-state index contributed by atoms with van der Waals surface area (Å²) in [5.74, 6) is 0. The van der Waals surface area contributed by atoms with E-state index < -0.39 is 0 Å². The second-order valence-corrected chi connectivity index (χ2v) is 3.40. The SMILES string of the molecule is NCc1cccc(Cc2cnccn2)c1. The maximum Gasteiger partial charge on any atom is 0.0630 e. The fourth-order valence-electron chi connectivity index (χ4n) is 1.50. The van der Waals surface area contributed by atoms with E-state index in [1.165, 1.54) is 5.56 Å². The lowest BCUT2D eigenvalue weighted by Gasteiger charge is -2.02. The van der Waals surface area contributed by atoms with Crippen molar-refractivity contribution in [3.8, 4) is 0 Å². The third kappa shape index (κ3) is 2.60. The second kappa shape index (κ2) is 4.66. The van der Waals surface area contributed by atoms with Crippen molar-refractivity contribution in [1.82, 2.24) is 9.97 Å². The van der Waals surface area contributed by atoms with Crippen molar-refractivity contribution in [2.24, 2.45) is 5.73 Å². The van der Waals surface area contributed by atoms with Gasteiger partial charge >= 0.3 is 0 Å². The van der Waals surface area contributed by atoms with E-state index in [0.717, 1.165) is 17.7 Å². The quantitative estimate of drug-likeness (QED) is 0.815. The first-order chi connectivity index (χ1) is 7.38. The first-order valence-electron chi connectivity index (χ1n) is 4.91. The Hall–Kier alpha value is -1.74. The van der Waals surface area contributed by atoms with Crippen molar-refractivity contribution in [3.63, 3.8) is 0 Å². The van der Waals surface area contributed by atoms with Crippen molar-refractivity contribution < 1.29 is 0 Å². The van der Waals surface area contributed by atoms with Crippen LogP contribution in [0.15, 0.2) is 42.9 Å². The summed E-state index contributed by atoms with van der Waals surface area (Å²) in [4.78, 5) is 8.27. The molecular formula is C12H13N3. The second-order valence-electron chi connectivity index (χ2n) is 3.40. The normalized spacial score (nSPS) is 10.2. The molecule has 2 aromatic rings. The fourth-order valence-corrected chi connectivity index (χ4v) is 1.50. The predicted molar refractivity (Wildman–Crippen MR) is 59.2 cm³/mol. The van der Waals surface area contributed by atoms with Crippen molar-refractivity contribution in [2.45, 2.75) is 13.0 Å². The van der Waals surface area contributed by atoms with Crippen molar-refractivity contribution in [2.75, 3.05) is 0 Å². The highest BCUT2D eigenvalue weighted by Crippen LogP contribution is 2.08. The van der Waals surface area contributed by atoms with Crippen LogP contribution in [0.25, 0.3) is 0 Å². The molecule has 0 saturated carbocycles. The number of rotatable bonds is 3. The maximum absolute atomic E-state index is 5.58. The minimum Gasteiger partial charge on any atom is -0.326 e. The molecule has 0 bridgehead atoms. The molecule has 3 heteroatoms. The lowest BCUT2D eigenvalue weighted by atomic mass is 10.1. The van der Waals surface area contributed by atoms with Gasteiger partial charge in [0.1, 0.15) is 0 Å². The topological polar surface area (TPSA) is 51.8 Å². The molecule has 0 aliphatic carbocycles. The van der Waals surface area contributed by atoms with E-state index in [1.807, 2.05) is 12.1 Å². The molecule has 2 rings (SSSR count). The zero-order chi connectivity index (χ0) is 10.5. The Morgan fingerprint density at radius 3 is 2.73 bits per heavy atom. The molecule has 1 aromatic carbocycles. The fraction of sp³-hybridized carbons (Fsp3) is 0.167. The monoisotopic (exact) mass is 199 g/mol. The van der Waals surface area contributed by atoms with Gasteiger partial charge in [-0.3, -0.25) is 9.97 Å². The van der Waals surface area contributed by atoms with Gasteiger partial charge in [0.25, 0.3) is 0 Å². The largest absolute Gasteiger partial charge is 0.326 e. The molecule has 0 amide bonds. The molecular weight excluding hydrogens is 186 g/mol. The van der Waals surface area contributed by atoms with Gasteiger partial charge in [0.15, 0.2) is 0 Å². The summed E-state index contributed by atoms with van der Waals surface area (Å²) in [7, 11) is 0. The van der Waals surface area contributed by atoms with Crippen LogP contribution in [0.5, 0.6) is 0 Å². The van der Waals surface area contributed by atoms with E-state index in [9.17, 15) is 0 Å². The molecule has 3 nitrogen and oxygen atoms in total. The molecule has 2 N–H and O–H groups in total. The van der Waals surface area contributed by atoms with E-state index in [0.29, 0.717) is 6.54 Å². The summed E-state index contributed by atoms with van der Waals surface area (Å²) in [6.45, 7) is 0.578. The minimum absolute atomic E-state index is 0.578. The summed E-state index contributed by atoms with van der Waals surface area (Å²) in [6.07, 6.45) is 5.98. The first-order valence-corrected chi connectivity index (χ1v) is 4.91. The molecule has 0 aliphatic heterocycles. The van der Waals surface area contributed by atoms with Crippen LogP contribution in [0.4, 0.5) is 0 Å². The summed E-state index contributed by atoms with van der Waals surface area (Å²) < 4.78 is 0. The van der Waals surface area contributed by atoms with Gasteiger partial charge in [0, 0.05) is 31.6 Å². The van der Waals surface area contributed by atoms with Gasteiger partial charge in [-0.2, -0.15) is 0 Å². The van der Waals surface area contributed by atoms with E-state index >= 15 is 0 Å². The number of aromatic nitrogens is 2. The number of benzene rings is 1. The summed E-state index contributed by atoms with van der Waals surface area (Å²) in [6, 6.07) is 8.23. The highest BCUT2D eigenvalue weighted by molar-refractivity contribution is 5.26. The highest BCUT2D eigenvalue weighted by Gasteiger charge is 1.98. The molecule has 0 saturated heterocycles. The van der Waals surface area contributed by atoms with Crippen LogP contribution in [0, 0.1) is 0 Å². The maximum atomic E-state index is 5.58. The Labute approximate surface area is 89.0 Å². The van der Waals surface area contributed by atoms with E-state index in [-0.39, 0.29) is 0 Å². The average molecular weight is 199 g/mol. The van der Waals surface area contributed by atoms with Crippen LogP contribution < -0.4 is 5.73 Å². The van der Waals surface area contributed by atoms with Gasteiger partial charge in [0.2, 0.25) is 0 Å². The predicted octanol–water partition coefficient (Wildman–Crippen LogP) is 1.53. The number of nitrogens with zero attached hydrogens (tertiary/aromatic N) is 2. The van der Waals surface area contributed by atoms with Gasteiger partial charge in [-0.1, -0.05) is 24.3 Å². The van der Waals surface area contributed by atoms with Crippen LogP contribution in [0.1, 0.15) is 16.8 Å². The van der Waals surface area contributed by atoms with E-state index in [1.54, 1.807) is 18.6 Å². The molecule has 0 radical (unpaired) electrons. The van der Waals surface area contributed by atoms with E-state index in [4.69, 9.17) is 5.73 Å². The lowest BCUT2D eigenvalue weighted by molar-refractivity contribution is 1.01. The number of hydrogen-bond donors (Lipinski definition) is 1. The zero-order valence-corrected chi connectivity index (χ0v) is 8.43. The number of nitrogens with two attached hydrogens (primary N) is 1. The van der Waals surface area contributed by atoms with Crippen LogP contribution >= 0.6 is 0 Å². The molecule has 0 aliphatic rings. The minimum atomic E-state index is 0.578. The van der Waals surface area contributed by atoms with Gasteiger partial charge < -0.3 is 5.73 Å². The summed E-state index contributed by atoms with van der Waals surface area (Å²) in [5, 5.41) is 0. The average Bonchev–Trinajstić information content (AvgIpc) is 2.31. The van der Waals surface area contributed by atoms with Crippen LogP contribution in [0.3, 0.4) is 0 Å². The first kappa shape index (κ1) is 9.80. The highest BCUT2D eigenvalue weighted by atomic mass is 14.8. The van der Waals surface area contributed by atoms with Gasteiger partial charge in [-0.25, -0.2) is 0 Å². The standard InChI is InChI=1S/C12H13N3/c13-8-11-3-1-2-10(6-11)7-12-9-14-4-5-15-12/h1-6,9H,7-8,13H2.